The lowest BCUT2D eigenvalue weighted by Crippen LogP contribution is -2.43. The van der Waals surface area contributed by atoms with E-state index in [0.29, 0.717) is 29.8 Å². The van der Waals surface area contributed by atoms with Crippen molar-refractivity contribution in [2.24, 2.45) is 5.92 Å². The first-order valence-electron chi connectivity index (χ1n) is 8.29. The number of fused-ring (bicyclic) bond motifs is 1. The monoisotopic (exact) mass is 316 g/mol. The van der Waals surface area contributed by atoms with E-state index in [1.54, 1.807) is 12.3 Å². The van der Waals surface area contributed by atoms with Gasteiger partial charge in [-0.05, 0) is 52.1 Å². The quantitative estimate of drug-likeness (QED) is 0.937. The Morgan fingerprint density at radius 3 is 3.13 bits per heavy atom. The molecule has 124 valence electrons. The molecule has 1 fully saturated rings. The van der Waals surface area contributed by atoms with E-state index in [-0.39, 0.29) is 5.91 Å². The van der Waals surface area contributed by atoms with Crippen LogP contribution in [0.15, 0.2) is 16.8 Å². The highest BCUT2D eigenvalue weighted by molar-refractivity contribution is 5.96. The molecule has 2 aromatic heterocycles. The fraction of sp³-hybridized carbons (Fsp3) is 0.588. The van der Waals surface area contributed by atoms with Gasteiger partial charge in [0.1, 0.15) is 0 Å². The molecule has 0 bridgehead atoms. The number of piperidine rings is 1. The van der Waals surface area contributed by atoms with Gasteiger partial charge in [0.15, 0.2) is 0 Å². The molecule has 1 aliphatic heterocycles. The van der Waals surface area contributed by atoms with Crippen molar-refractivity contribution in [2.45, 2.75) is 39.7 Å². The lowest BCUT2D eigenvalue weighted by atomic mass is 9.97. The van der Waals surface area contributed by atoms with E-state index < -0.39 is 0 Å². The zero-order valence-corrected chi connectivity index (χ0v) is 14.0. The second-order valence-corrected chi connectivity index (χ2v) is 6.65. The number of hydrogen-bond donors (Lipinski definition) is 1. The van der Waals surface area contributed by atoms with Gasteiger partial charge in [0.25, 0.3) is 11.6 Å². The van der Waals surface area contributed by atoms with E-state index in [9.17, 15) is 4.79 Å². The van der Waals surface area contributed by atoms with Crippen molar-refractivity contribution in [1.29, 1.82) is 0 Å². The van der Waals surface area contributed by atoms with Crippen LogP contribution in [-0.4, -0.2) is 46.6 Å². The van der Waals surface area contributed by atoms with Crippen LogP contribution in [0.5, 0.6) is 0 Å². The Bertz CT molecular complexity index is 695. The Hall–Kier alpha value is -1.95. The number of aromatic nitrogens is 2. The molecule has 6 nitrogen and oxygen atoms in total. The van der Waals surface area contributed by atoms with Crippen LogP contribution in [0, 0.1) is 12.8 Å². The number of rotatable bonds is 4. The van der Waals surface area contributed by atoms with Crippen LogP contribution in [0.1, 0.15) is 42.7 Å². The molecule has 1 amide bonds. The number of nitrogens with one attached hydrogen (secondary N) is 1. The van der Waals surface area contributed by atoms with Gasteiger partial charge >= 0.3 is 0 Å². The molecular formula is C17H24N4O2. The van der Waals surface area contributed by atoms with Gasteiger partial charge in [-0.15, -0.1) is 0 Å². The van der Waals surface area contributed by atoms with Gasteiger partial charge in [0.2, 0.25) is 0 Å². The number of likely N-dealkylation sites (tertiary alicyclic amines) is 1. The van der Waals surface area contributed by atoms with Crippen molar-refractivity contribution < 1.29 is 9.32 Å². The van der Waals surface area contributed by atoms with Crippen molar-refractivity contribution >= 4 is 17.0 Å². The highest BCUT2D eigenvalue weighted by Gasteiger charge is 2.22. The number of amides is 1. The molecule has 0 spiro atoms. The second-order valence-electron chi connectivity index (χ2n) is 6.65. The van der Waals surface area contributed by atoms with E-state index in [1.807, 2.05) is 6.92 Å². The summed E-state index contributed by atoms with van der Waals surface area (Å²) in [6, 6.07) is 2.36. The molecule has 1 atom stereocenters. The number of carbonyl (C=O) groups excluding carboxylic acids is 1. The number of pyridine rings is 1. The third-order valence-electron chi connectivity index (χ3n) is 4.60. The molecule has 0 saturated carbocycles. The van der Waals surface area contributed by atoms with Crippen molar-refractivity contribution in [2.75, 3.05) is 19.6 Å². The average Bonchev–Trinajstić information content (AvgIpc) is 2.93. The molecule has 3 heterocycles. The molecule has 6 heteroatoms. The molecule has 1 N–H and O–H groups in total. The zero-order valence-electron chi connectivity index (χ0n) is 14.0. The molecule has 1 aliphatic rings. The predicted octanol–water partition coefficient (Wildman–Crippen LogP) is 2.38. The molecule has 0 radical (unpaired) electrons. The van der Waals surface area contributed by atoms with Gasteiger partial charge in [-0.25, -0.2) is 4.98 Å². The van der Waals surface area contributed by atoms with E-state index in [4.69, 9.17) is 4.52 Å². The summed E-state index contributed by atoms with van der Waals surface area (Å²) < 4.78 is 5.07. The van der Waals surface area contributed by atoms with Gasteiger partial charge in [-0.3, -0.25) is 4.79 Å². The summed E-state index contributed by atoms with van der Waals surface area (Å²) in [6.45, 7) is 9.22. The van der Waals surface area contributed by atoms with Gasteiger partial charge in [0.05, 0.1) is 16.6 Å². The molecule has 23 heavy (non-hydrogen) atoms. The van der Waals surface area contributed by atoms with Crippen molar-refractivity contribution in [3.63, 3.8) is 0 Å². The molecule has 0 aromatic carbocycles. The first-order chi connectivity index (χ1) is 11.0. The van der Waals surface area contributed by atoms with Crippen LogP contribution in [-0.2, 0) is 0 Å². The molecule has 2 aromatic rings. The maximum absolute atomic E-state index is 12.4. The normalized spacial score (nSPS) is 19.4. The molecule has 0 aliphatic carbocycles. The lowest BCUT2D eigenvalue weighted by molar-refractivity contribution is 0.0922. The fourth-order valence-electron chi connectivity index (χ4n) is 3.14. The van der Waals surface area contributed by atoms with Crippen LogP contribution < -0.4 is 5.32 Å². The summed E-state index contributed by atoms with van der Waals surface area (Å²) in [5.41, 5.74) is 1.78. The summed E-state index contributed by atoms with van der Waals surface area (Å²) in [6.07, 6.45) is 3.92. The third kappa shape index (κ3) is 3.52. The molecule has 1 saturated heterocycles. The first-order valence-corrected chi connectivity index (χ1v) is 8.29. The second kappa shape index (κ2) is 6.66. The number of nitrogens with zero attached hydrogens (tertiary/aromatic N) is 3. The first kappa shape index (κ1) is 15.9. The Labute approximate surface area is 136 Å². The van der Waals surface area contributed by atoms with Crippen molar-refractivity contribution in [3.05, 3.63) is 23.5 Å². The summed E-state index contributed by atoms with van der Waals surface area (Å²) in [7, 11) is 0. The minimum Gasteiger partial charge on any atom is -0.352 e. The van der Waals surface area contributed by atoms with Gasteiger partial charge in [-0.2, -0.15) is 0 Å². The largest absolute Gasteiger partial charge is 0.352 e. The molecular weight excluding hydrogens is 292 g/mol. The van der Waals surface area contributed by atoms with E-state index in [0.717, 1.165) is 24.2 Å². The minimum atomic E-state index is -0.0818. The number of hydrogen-bond acceptors (Lipinski definition) is 5. The smallest absolute Gasteiger partial charge is 0.257 e. The van der Waals surface area contributed by atoms with Gasteiger partial charge < -0.3 is 14.7 Å². The summed E-state index contributed by atoms with van der Waals surface area (Å²) in [5.74, 6) is 0.436. The summed E-state index contributed by atoms with van der Waals surface area (Å²) >= 11 is 0. The van der Waals surface area contributed by atoms with Crippen LogP contribution in [0.4, 0.5) is 0 Å². The number of aryl methyl sites for hydroxylation is 1. The van der Waals surface area contributed by atoms with Crippen LogP contribution in [0.25, 0.3) is 11.1 Å². The lowest BCUT2D eigenvalue weighted by Gasteiger charge is -2.35. The highest BCUT2D eigenvalue weighted by atomic mass is 16.5. The summed E-state index contributed by atoms with van der Waals surface area (Å²) in [5, 5.41) is 7.71. The molecule has 1 unspecified atom stereocenters. The maximum Gasteiger partial charge on any atom is 0.257 e. The molecule has 3 rings (SSSR count). The van der Waals surface area contributed by atoms with Crippen LogP contribution in [0.3, 0.4) is 0 Å². The average molecular weight is 316 g/mol. The standard InChI is InChI=1S/C17H24N4O2/c1-11(2)21-6-4-5-13(10-21)8-18-16(22)14-7-15-12(3)20-23-17(15)19-9-14/h7,9,11,13H,4-6,8,10H2,1-3H3,(H,18,22). The summed E-state index contributed by atoms with van der Waals surface area (Å²) in [4.78, 5) is 19.0. The van der Waals surface area contributed by atoms with E-state index in [1.165, 1.54) is 12.8 Å². The maximum atomic E-state index is 12.4. The Balaban J connectivity index is 1.61. The SMILES string of the molecule is Cc1noc2ncc(C(=O)NCC3CCCN(C(C)C)C3)cc12. The fourth-order valence-corrected chi connectivity index (χ4v) is 3.14. The Kier molecular flexibility index (Phi) is 4.61. The zero-order chi connectivity index (χ0) is 16.4. The van der Waals surface area contributed by atoms with Gasteiger partial charge in [-0.1, -0.05) is 5.16 Å². The van der Waals surface area contributed by atoms with Crippen LogP contribution >= 0.6 is 0 Å². The Morgan fingerprint density at radius 1 is 1.52 bits per heavy atom. The van der Waals surface area contributed by atoms with Crippen molar-refractivity contribution in [3.8, 4) is 0 Å². The highest BCUT2D eigenvalue weighted by Crippen LogP contribution is 2.19. The minimum absolute atomic E-state index is 0.0818. The Morgan fingerprint density at radius 2 is 2.35 bits per heavy atom. The van der Waals surface area contributed by atoms with E-state index in [2.05, 4.69) is 34.2 Å². The third-order valence-corrected chi connectivity index (χ3v) is 4.60. The topological polar surface area (TPSA) is 71.3 Å². The number of carbonyl (C=O) groups is 1. The van der Waals surface area contributed by atoms with Gasteiger partial charge in [0, 0.05) is 25.3 Å². The van der Waals surface area contributed by atoms with Crippen molar-refractivity contribution in [1.82, 2.24) is 20.4 Å². The van der Waals surface area contributed by atoms with Crippen LogP contribution in [0.2, 0.25) is 0 Å². The predicted molar refractivity (Wildman–Crippen MR) is 88.3 cm³/mol. The van der Waals surface area contributed by atoms with E-state index >= 15 is 0 Å².